The predicted octanol–water partition coefficient (Wildman–Crippen LogP) is 2.80. The smallest absolute Gasteiger partial charge is 0.273 e. The first kappa shape index (κ1) is 17.6. The Morgan fingerprint density at radius 3 is 2.62 bits per heavy atom. The molecule has 26 heavy (non-hydrogen) atoms. The maximum absolute atomic E-state index is 12.3. The number of thiocarbonyl (C=S) groups is 1. The summed E-state index contributed by atoms with van der Waals surface area (Å²) in [6.07, 6.45) is 0. The molecule has 9 heteroatoms. The van der Waals surface area contributed by atoms with Crippen LogP contribution >= 0.6 is 12.2 Å². The van der Waals surface area contributed by atoms with Crippen molar-refractivity contribution in [2.24, 2.45) is 0 Å². The molecule has 1 aliphatic rings. The molecule has 0 fully saturated rings. The van der Waals surface area contributed by atoms with Crippen LogP contribution in [-0.2, 0) is 0 Å². The number of nitrogens with zero attached hydrogens (tertiary/aromatic N) is 1. The van der Waals surface area contributed by atoms with Crippen LogP contribution in [0.15, 0.2) is 36.4 Å². The molecule has 0 aliphatic carbocycles. The largest absolute Gasteiger partial charge is 0.486 e. The highest BCUT2D eigenvalue weighted by molar-refractivity contribution is 7.80. The second kappa shape index (κ2) is 7.36. The summed E-state index contributed by atoms with van der Waals surface area (Å²) in [5.74, 6) is 0.691. The number of amides is 1. The molecule has 134 valence electrons. The Bertz CT molecular complexity index is 900. The van der Waals surface area contributed by atoms with Gasteiger partial charge in [0.05, 0.1) is 4.92 Å². The Hall–Kier alpha value is -3.20. The van der Waals surface area contributed by atoms with Gasteiger partial charge in [0.2, 0.25) is 0 Å². The highest BCUT2D eigenvalue weighted by Gasteiger charge is 2.16. The normalized spacial score (nSPS) is 12.2. The number of benzene rings is 2. The monoisotopic (exact) mass is 373 g/mol. The van der Waals surface area contributed by atoms with Gasteiger partial charge in [-0.15, -0.1) is 0 Å². The standard InChI is InChI=1S/C17H15N3O5S/c1-10-2-3-11(8-13(10)20(22)23)16(21)19-17(26)18-12-4-5-14-15(9-12)25-7-6-24-14/h2-5,8-9H,6-7H2,1H3,(H2,18,19,21,26). The summed E-state index contributed by atoms with van der Waals surface area (Å²) < 4.78 is 10.9. The molecule has 2 N–H and O–H groups in total. The zero-order valence-corrected chi connectivity index (χ0v) is 14.6. The quantitative estimate of drug-likeness (QED) is 0.484. The third kappa shape index (κ3) is 3.89. The molecule has 0 saturated carbocycles. The zero-order valence-electron chi connectivity index (χ0n) is 13.8. The van der Waals surface area contributed by atoms with E-state index in [0.29, 0.717) is 36.0 Å². The SMILES string of the molecule is Cc1ccc(C(=O)NC(=S)Nc2ccc3c(c2)OCCO3)cc1[N+](=O)[O-]. The van der Waals surface area contributed by atoms with Crippen molar-refractivity contribution >= 4 is 34.6 Å². The summed E-state index contributed by atoms with van der Waals surface area (Å²) >= 11 is 5.13. The highest BCUT2D eigenvalue weighted by Crippen LogP contribution is 2.32. The lowest BCUT2D eigenvalue weighted by molar-refractivity contribution is -0.385. The second-order valence-electron chi connectivity index (χ2n) is 5.53. The lowest BCUT2D eigenvalue weighted by atomic mass is 10.1. The molecule has 2 aromatic rings. The molecule has 8 nitrogen and oxygen atoms in total. The minimum atomic E-state index is -0.539. The number of nitro benzene ring substituents is 1. The molecule has 0 spiro atoms. The van der Waals surface area contributed by atoms with E-state index in [9.17, 15) is 14.9 Å². The van der Waals surface area contributed by atoms with Gasteiger partial charge in [-0.3, -0.25) is 20.2 Å². The van der Waals surface area contributed by atoms with Crippen LogP contribution < -0.4 is 20.1 Å². The Kier molecular flexibility index (Phi) is 4.99. The van der Waals surface area contributed by atoms with Crippen LogP contribution in [-0.4, -0.2) is 29.2 Å². The maximum atomic E-state index is 12.3. The first-order valence-corrected chi connectivity index (χ1v) is 8.12. The van der Waals surface area contributed by atoms with Gasteiger partial charge in [0, 0.05) is 28.9 Å². The summed E-state index contributed by atoms with van der Waals surface area (Å²) in [4.78, 5) is 22.7. The van der Waals surface area contributed by atoms with E-state index in [2.05, 4.69) is 10.6 Å². The van der Waals surface area contributed by atoms with Gasteiger partial charge >= 0.3 is 0 Å². The van der Waals surface area contributed by atoms with E-state index in [0.717, 1.165) is 0 Å². The first-order chi connectivity index (χ1) is 12.4. The summed E-state index contributed by atoms with van der Waals surface area (Å²) in [5, 5.41) is 16.4. The van der Waals surface area contributed by atoms with E-state index in [4.69, 9.17) is 21.7 Å². The third-order valence-electron chi connectivity index (χ3n) is 3.70. The van der Waals surface area contributed by atoms with E-state index >= 15 is 0 Å². The average Bonchev–Trinajstić information content (AvgIpc) is 2.61. The number of carbonyl (C=O) groups is 1. The van der Waals surface area contributed by atoms with Crippen LogP contribution in [0, 0.1) is 17.0 Å². The number of hydrogen-bond acceptors (Lipinski definition) is 6. The third-order valence-corrected chi connectivity index (χ3v) is 3.90. The molecule has 0 unspecified atom stereocenters. The number of ether oxygens (including phenoxy) is 2. The molecule has 1 aliphatic heterocycles. The molecule has 3 rings (SSSR count). The van der Waals surface area contributed by atoms with Gasteiger partial charge in [0.25, 0.3) is 11.6 Å². The molecule has 0 saturated heterocycles. The van der Waals surface area contributed by atoms with Gasteiger partial charge in [-0.1, -0.05) is 6.07 Å². The van der Waals surface area contributed by atoms with E-state index in [-0.39, 0.29) is 16.4 Å². The minimum absolute atomic E-state index is 0.0647. The molecule has 0 radical (unpaired) electrons. The number of carbonyl (C=O) groups excluding carboxylic acids is 1. The number of nitrogens with one attached hydrogen (secondary N) is 2. The fourth-order valence-corrected chi connectivity index (χ4v) is 2.62. The predicted molar refractivity (Wildman–Crippen MR) is 99.0 cm³/mol. The van der Waals surface area contributed by atoms with Gasteiger partial charge in [-0.2, -0.15) is 0 Å². The van der Waals surface area contributed by atoms with Gasteiger partial charge in [-0.25, -0.2) is 0 Å². The Morgan fingerprint density at radius 2 is 1.88 bits per heavy atom. The van der Waals surface area contributed by atoms with Crippen molar-refractivity contribution in [3.8, 4) is 11.5 Å². The summed E-state index contributed by atoms with van der Waals surface area (Å²) in [7, 11) is 0. The van der Waals surface area contributed by atoms with E-state index in [1.807, 2.05) is 0 Å². The van der Waals surface area contributed by atoms with Crippen LogP contribution in [0.5, 0.6) is 11.5 Å². The second-order valence-corrected chi connectivity index (χ2v) is 5.93. The van der Waals surface area contributed by atoms with Gasteiger partial charge < -0.3 is 14.8 Å². The van der Waals surface area contributed by atoms with Gasteiger partial charge in [0.15, 0.2) is 16.6 Å². The molecular weight excluding hydrogens is 358 g/mol. The number of aryl methyl sites for hydroxylation is 1. The van der Waals surface area contributed by atoms with Crippen molar-refractivity contribution in [1.29, 1.82) is 0 Å². The molecule has 0 aromatic heterocycles. The van der Waals surface area contributed by atoms with Crippen molar-refractivity contribution in [2.45, 2.75) is 6.92 Å². The maximum Gasteiger partial charge on any atom is 0.273 e. The zero-order chi connectivity index (χ0) is 18.7. The summed E-state index contributed by atoms with van der Waals surface area (Å²) in [6, 6.07) is 9.43. The van der Waals surface area contributed by atoms with Crippen LogP contribution in [0.1, 0.15) is 15.9 Å². The molecular formula is C17H15N3O5S. The van der Waals surface area contributed by atoms with Crippen molar-refractivity contribution < 1.29 is 19.2 Å². The van der Waals surface area contributed by atoms with Crippen LogP contribution in [0.3, 0.4) is 0 Å². The van der Waals surface area contributed by atoms with E-state index in [1.165, 1.54) is 18.2 Å². The van der Waals surface area contributed by atoms with Crippen LogP contribution in [0.2, 0.25) is 0 Å². The number of hydrogen-bond donors (Lipinski definition) is 2. The fourth-order valence-electron chi connectivity index (χ4n) is 2.41. The molecule has 1 amide bonds. The minimum Gasteiger partial charge on any atom is -0.486 e. The van der Waals surface area contributed by atoms with Crippen LogP contribution in [0.4, 0.5) is 11.4 Å². The lowest BCUT2D eigenvalue weighted by Gasteiger charge is -2.19. The number of rotatable bonds is 3. The Labute approximate surface area is 154 Å². The summed E-state index contributed by atoms with van der Waals surface area (Å²) in [6.45, 7) is 2.56. The summed E-state index contributed by atoms with van der Waals surface area (Å²) in [5.41, 5.74) is 1.12. The van der Waals surface area contributed by atoms with Crippen molar-refractivity contribution in [2.75, 3.05) is 18.5 Å². The van der Waals surface area contributed by atoms with Gasteiger partial charge in [-0.05, 0) is 37.3 Å². The Balaban J connectivity index is 1.67. The molecule has 0 atom stereocenters. The lowest BCUT2D eigenvalue weighted by Crippen LogP contribution is -2.34. The molecule has 2 aromatic carbocycles. The highest BCUT2D eigenvalue weighted by atomic mass is 32.1. The number of anilines is 1. The topological polar surface area (TPSA) is 103 Å². The van der Waals surface area contributed by atoms with Crippen molar-refractivity contribution in [3.05, 3.63) is 57.6 Å². The fraction of sp³-hybridized carbons (Fsp3) is 0.176. The molecule has 0 bridgehead atoms. The van der Waals surface area contributed by atoms with E-state index in [1.54, 1.807) is 25.1 Å². The average molecular weight is 373 g/mol. The number of nitro groups is 1. The van der Waals surface area contributed by atoms with Crippen molar-refractivity contribution in [1.82, 2.24) is 5.32 Å². The number of fused-ring (bicyclic) bond motifs is 1. The van der Waals surface area contributed by atoms with E-state index < -0.39 is 10.8 Å². The van der Waals surface area contributed by atoms with Gasteiger partial charge in [0.1, 0.15) is 13.2 Å². The Morgan fingerprint density at radius 1 is 1.15 bits per heavy atom. The van der Waals surface area contributed by atoms with Crippen molar-refractivity contribution in [3.63, 3.8) is 0 Å². The first-order valence-electron chi connectivity index (χ1n) is 7.71. The van der Waals surface area contributed by atoms with Crippen LogP contribution in [0.25, 0.3) is 0 Å². The molecule has 1 heterocycles.